The predicted octanol–water partition coefficient (Wildman–Crippen LogP) is 4.84. The van der Waals surface area contributed by atoms with Gasteiger partial charge in [0.2, 0.25) is 5.91 Å². The fraction of sp³-hybridized carbons (Fsp3) is 0.435. The molecule has 0 atom stereocenters. The zero-order chi connectivity index (χ0) is 18.5. The van der Waals surface area contributed by atoms with Gasteiger partial charge in [-0.2, -0.15) is 0 Å². The van der Waals surface area contributed by atoms with Crippen LogP contribution in [0.1, 0.15) is 43.9 Å². The summed E-state index contributed by atoms with van der Waals surface area (Å²) in [6.07, 6.45) is 4.59. The molecule has 138 valence electrons. The standard InChI is InChI=1S/C23H30N2O/c1-17(2)15-20-6-9-21-5-4-13-25(23(21)16-20)14-12-19-7-10-22(11-8-19)24-18(3)26/h6-11,16-17H,4-5,12-15H2,1-3H3,(H,24,26). The van der Waals surface area contributed by atoms with E-state index in [1.807, 2.05) is 12.1 Å². The second-order valence-electron chi connectivity index (χ2n) is 7.78. The smallest absolute Gasteiger partial charge is 0.221 e. The Kier molecular flexibility index (Phi) is 5.97. The average molecular weight is 351 g/mol. The minimum absolute atomic E-state index is 0.0279. The Morgan fingerprint density at radius 1 is 1.12 bits per heavy atom. The van der Waals surface area contributed by atoms with Crippen LogP contribution >= 0.6 is 0 Å². The fourth-order valence-electron chi connectivity index (χ4n) is 3.75. The second-order valence-corrected chi connectivity index (χ2v) is 7.78. The first-order valence-corrected chi connectivity index (χ1v) is 9.74. The summed E-state index contributed by atoms with van der Waals surface area (Å²) < 4.78 is 0. The van der Waals surface area contributed by atoms with E-state index in [9.17, 15) is 4.79 Å². The van der Waals surface area contributed by atoms with Crippen LogP contribution in [0.3, 0.4) is 0 Å². The summed E-state index contributed by atoms with van der Waals surface area (Å²) >= 11 is 0. The molecule has 0 aliphatic carbocycles. The Labute approximate surface area is 157 Å². The summed E-state index contributed by atoms with van der Waals surface area (Å²) in [5.74, 6) is 0.659. The van der Waals surface area contributed by atoms with Gasteiger partial charge >= 0.3 is 0 Å². The highest BCUT2D eigenvalue weighted by Crippen LogP contribution is 2.29. The van der Waals surface area contributed by atoms with Crippen LogP contribution in [-0.2, 0) is 24.1 Å². The van der Waals surface area contributed by atoms with Gasteiger partial charge in [-0.15, -0.1) is 0 Å². The monoisotopic (exact) mass is 350 g/mol. The van der Waals surface area contributed by atoms with Crippen molar-refractivity contribution in [3.63, 3.8) is 0 Å². The number of aryl methyl sites for hydroxylation is 1. The van der Waals surface area contributed by atoms with Crippen molar-refractivity contribution in [1.29, 1.82) is 0 Å². The van der Waals surface area contributed by atoms with Crippen LogP contribution in [0.15, 0.2) is 42.5 Å². The van der Waals surface area contributed by atoms with E-state index in [-0.39, 0.29) is 5.91 Å². The number of carbonyl (C=O) groups excluding carboxylic acids is 1. The van der Waals surface area contributed by atoms with Crippen molar-refractivity contribution >= 4 is 17.3 Å². The third-order valence-corrected chi connectivity index (χ3v) is 4.95. The molecule has 2 aromatic rings. The molecule has 2 aromatic carbocycles. The fourth-order valence-corrected chi connectivity index (χ4v) is 3.75. The van der Waals surface area contributed by atoms with Gasteiger partial charge in [0.1, 0.15) is 0 Å². The lowest BCUT2D eigenvalue weighted by Crippen LogP contribution is -2.31. The second kappa shape index (κ2) is 8.39. The minimum Gasteiger partial charge on any atom is -0.371 e. The minimum atomic E-state index is -0.0279. The van der Waals surface area contributed by atoms with E-state index in [0.29, 0.717) is 5.92 Å². The van der Waals surface area contributed by atoms with Crippen molar-refractivity contribution in [2.45, 2.75) is 46.5 Å². The number of hydrogen-bond acceptors (Lipinski definition) is 2. The molecule has 1 aliphatic heterocycles. The van der Waals surface area contributed by atoms with E-state index in [0.717, 1.165) is 31.6 Å². The number of nitrogens with zero attached hydrogens (tertiary/aromatic N) is 1. The van der Waals surface area contributed by atoms with Gasteiger partial charge < -0.3 is 10.2 Å². The Balaban J connectivity index is 1.66. The maximum atomic E-state index is 11.1. The summed E-state index contributed by atoms with van der Waals surface area (Å²) in [5, 5.41) is 2.82. The zero-order valence-corrected chi connectivity index (χ0v) is 16.2. The summed E-state index contributed by atoms with van der Waals surface area (Å²) in [7, 11) is 0. The third kappa shape index (κ3) is 4.87. The number of amides is 1. The highest BCUT2D eigenvalue weighted by molar-refractivity contribution is 5.88. The van der Waals surface area contributed by atoms with Crippen LogP contribution in [-0.4, -0.2) is 19.0 Å². The first kappa shape index (κ1) is 18.5. The van der Waals surface area contributed by atoms with Gasteiger partial charge in [-0.1, -0.05) is 38.1 Å². The summed E-state index contributed by atoms with van der Waals surface area (Å²) in [6.45, 7) is 8.28. The van der Waals surface area contributed by atoms with Gasteiger partial charge in [-0.3, -0.25) is 4.79 Å². The Hall–Kier alpha value is -2.29. The number of fused-ring (bicyclic) bond motifs is 1. The summed E-state index contributed by atoms with van der Waals surface area (Å²) in [4.78, 5) is 13.7. The molecule has 3 rings (SSSR count). The highest BCUT2D eigenvalue weighted by Gasteiger charge is 2.17. The first-order valence-electron chi connectivity index (χ1n) is 9.74. The van der Waals surface area contributed by atoms with E-state index >= 15 is 0 Å². The largest absolute Gasteiger partial charge is 0.371 e. The first-order chi connectivity index (χ1) is 12.5. The Bertz CT molecular complexity index is 749. The van der Waals surface area contributed by atoms with Crippen molar-refractivity contribution in [3.05, 3.63) is 59.2 Å². The van der Waals surface area contributed by atoms with E-state index in [2.05, 4.69) is 54.4 Å². The molecule has 1 heterocycles. The topological polar surface area (TPSA) is 32.3 Å². The molecule has 26 heavy (non-hydrogen) atoms. The molecule has 0 aromatic heterocycles. The van der Waals surface area contributed by atoms with Crippen molar-refractivity contribution in [1.82, 2.24) is 0 Å². The van der Waals surface area contributed by atoms with E-state index in [1.54, 1.807) is 0 Å². The van der Waals surface area contributed by atoms with Crippen LogP contribution in [0.4, 0.5) is 11.4 Å². The number of hydrogen-bond donors (Lipinski definition) is 1. The number of benzene rings is 2. The van der Waals surface area contributed by atoms with Crippen LogP contribution < -0.4 is 10.2 Å². The molecule has 0 bridgehead atoms. The quantitative estimate of drug-likeness (QED) is 0.808. The van der Waals surface area contributed by atoms with Crippen molar-refractivity contribution < 1.29 is 4.79 Å². The molecular weight excluding hydrogens is 320 g/mol. The lowest BCUT2D eigenvalue weighted by molar-refractivity contribution is -0.114. The lowest BCUT2D eigenvalue weighted by atomic mass is 9.95. The molecule has 0 fully saturated rings. The molecule has 0 spiro atoms. The molecule has 0 saturated heterocycles. The summed E-state index contributed by atoms with van der Waals surface area (Å²) in [5.41, 5.74) is 6.55. The van der Waals surface area contributed by atoms with Gasteiger partial charge in [-0.05, 0) is 66.5 Å². The van der Waals surface area contributed by atoms with Crippen LogP contribution in [0.2, 0.25) is 0 Å². The lowest BCUT2D eigenvalue weighted by Gasteiger charge is -2.32. The van der Waals surface area contributed by atoms with Crippen LogP contribution in [0.5, 0.6) is 0 Å². The van der Waals surface area contributed by atoms with Gasteiger partial charge in [0.05, 0.1) is 0 Å². The molecule has 0 saturated carbocycles. The maximum Gasteiger partial charge on any atom is 0.221 e. The average Bonchev–Trinajstić information content (AvgIpc) is 2.60. The number of nitrogens with one attached hydrogen (secondary N) is 1. The highest BCUT2D eigenvalue weighted by atomic mass is 16.1. The van der Waals surface area contributed by atoms with E-state index < -0.39 is 0 Å². The zero-order valence-electron chi connectivity index (χ0n) is 16.2. The van der Waals surface area contributed by atoms with E-state index in [4.69, 9.17) is 0 Å². The molecule has 1 aliphatic rings. The Morgan fingerprint density at radius 2 is 1.85 bits per heavy atom. The SMILES string of the molecule is CC(=O)Nc1ccc(CCN2CCCc3ccc(CC(C)C)cc32)cc1. The Morgan fingerprint density at radius 3 is 2.54 bits per heavy atom. The predicted molar refractivity (Wildman–Crippen MR) is 110 cm³/mol. The number of anilines is 2. The van der Waals surface area contributed by atoms with Crippen molar-refractivity contribution in [3.8, 4) is 0 Å². The van der Waals surface area contributed by atoms with Gasteiger partial charge in [0.25, 0.3) is 0 Å². The molecule has 3 heteroatoms. The molecular formula is C23H30N2O. The molecule has 0 radical (unpaired) electrons. The molecule has 0 unspecified atom stereocenters. The van der Waals surface area contributed by atoms with Gasteiger partial charge in [0, 0.05) is 31.4 Å². The number of carbonyl (C=O) groups is 1. The van der Waals surface area contributed by atoms with Crippen LogP contribution in [0.25, 0.3) is 0 Å². The maximum absolute atomic E-state index is 11.1. The van der Waals surface area contributed by atoms with Gasteiger partial charge in [0.15, 0.2) is 0 Å². The number of rotatable bonds is 6. The van der Waals surface area contributed by atoms with Crippen molar-refractivity contribution in [2.75, 3.05) is 23.3 Å². The van der Waals surface area contributed by atoms with Crippen molar-refractivity contribution in [2.24, 2.45) is 5.92 Å². The molecule has 1 amide bonds. The molecule has 1 N–H and O–H groups in total. The van der Waals surface area contributed by atoms with E-state index in [1.165, 1.54) is 42.1 Å². The molecule has 3 nitrogen and oxygen atoms in total. The van der Waals surface area contributed by atoms with Crippen LogP contribution in [0, 0.1) is 5.92 Å². The third-order valence-electron chi connectivity index (χ3n) is 4.95. The van der Waals surface area contributed by atoms with Gasteiger partial charge in [-0.25, -0.2) is 0 Å². The normalized spacial score (nSPS) is 13.6. The summed E-state index contributed by atoms with van der Waals surface area (Å²) in [6, 6.07) is 15.3.